The Morgan fingerprint density at radius 2 is 2.12 bits per heavy atom. The predicted octanol–water partition coefficient (Wildman–Crippen LogP) is 1.91. The zero-order valence-electron chi connectivity index (χ0n) is 18.5. The standard InChI is InChI=1S/C23H22N8O3/c1-13-7-8-24-23-27-19(29-31(13)23)20(32)26-18-6-5-17-10-16(18)11-30(17)22(33)15-4-2-3-14(9-15)21-28-25-12-34-21/h2-4,7-9,12,16-18H,5-6,10-11H2,1H3,(H,26,32). The molecule has 2 fully saturated rings. The van der Waals surface area contributed by atoms with E-state index >= 15 is 0 Å². The Kier molecular flexibility index (Phi) is 4.82. The first kappa shape index (κ1) is 20.5. The van der Waals surface area contributed by atoms with Gasteiger partial charge in [0.05, 0.1) is 0 Å². The highest BCUT2D eigenvalue weighted by molar-refractivity contribution is 5.95. The fourth-order valence-electron chi connectivity index (χ4n) is 5.05. The van der Waals surface area contributed by atoms with Crippen molar-refractivity contribution in [3.63, 3.8) is 0 Å². The van der Waals surface area contributed by atoms with Gasteiger partial charge in [-0.25, -0.2) is 9.50 Å². The van der Waals surface area contributed by atoms with Crippen molar-refractivity contribution < 1.29 is 14.0 Å². The minimum atomic E-state index is -0.314. The van der Waals surface area contributed by atoms with E-state index in [0.717, 1.165) is 25.0 Å². The van der Waals surface area contributed by atoms with E-state index in [1.807, 2.05) is 30.0 Å². The molecule has 1 aliphatic carbocycles. The van der Waals surface area contributed by atoms with Crippen LogP contribution in [0.25, 0.3) is 17.2 Å². The Morgan fingerprint density at radius 3 is 2.94 bits per heavy atom. The van der Waals surface area contributed by atoms with Crippen LogP contribution in [0.4, 0.5) is 0 Å². The van der Waals surface area contributed by atoms with Crippen LogP contribution >= 0.6 is 0 Å². The van der Waals surface area contributed by atoms with Crippen molar-refractivity contribution in [3.05, 3.63) is 60.0 Å². The molecule has 2 amide bonds. The van der Waals surface area contributed by atoms with Crippen LogP contribution in [0, 0.1) is 12.8 Å². The van der Waals surface area contributed by atoms with Crippen LogP contribution in [0.2, 0.25) is 0 Å². The molecule has 2 aliphatic rings. The minimum absolute atomic E-state index is 0.0237. The molecule has 2 bridgehead atoms. The first-order chi connectivity index (χ1) is 16.6. The molecule has 1 aromatic carbocycles. The summed E-state index contributed by atoms with van der Waals surface area (Å²) in [5.41, 5.74) is 2.14. The van der Waals surface area contributed by atoms with Crippen LogP contribution in [0.15, 0.2) is 47.3 Å². The number of fused-ring (bicyclic) bond motifs is 3. The molecule has 172 valence electrons. The van der Waals surface area contributed by atoms with E-state index in [4.69, 9.17) is 4.42 Å². The number of aromatic nitrogens is 6. The van der Waals surface area contributed by atoms with Gasteiger partial charge < -0.3 is 14.6 Å². The van der Waals surface area contributed by atoms with E-state index in [0.29, 0.717) is 29.3 Å². The molecule has 1 saturated carbocycles. The second kappa shape index (κ2) is 8.01. The fourth-order valence-corrected chi connectivity index (χ4v) is 5.05. The molecule has 34 heavy (non-hydrogen) atoms. The lowest BCUT2D eigenvalue weighted by molar-refractivity contribution is 0.0732. The van der Waals surface area contributed by atoms with Gasteiger partial charge in [-0.2, -0.15) is 4.98 Å². The number of carbonyl (C=O) groups is 2. The molecular weight excluding hydrogens is 436 g/mol. The van der Waals surface area contributed by atoms with Gasteiger partial charge >= 0.3 is 0 Å². The van der Waals surface area contributed by atoms with Crippen molar-refractivity contribution in [3.8, 4) is 11.5 Å². The highest BCUT2D eigenvalue weighted by atomic mass is 16.4. The van der Waals surface area contributed by atoms with Crippen molar-refractivity contribution in [1.29, 1.82) is 0 Å². The summed E-state index contributed by atoms with van der Waals surface area (Å²) >= 11 is 0. The lowest BCUT2D eigenvalue weighted by Gasteiger charge is -2.28. The Labute approximate surface area is 194 Å². The molecule has 1 aliphatic heterocycles. The van der Waals surface area contributed by atoms with Gasteiger partial charge in [-0.3, -0.25) is 9.59 Å². The lowest BCUT2D eigenvalue weighted by atomic mass is 9.85. The third-order valence-corrected chi connectivity index (χ3v) is 6.75. The van der Waals surface area contributed by atoms with Crippen molar-refractivity contribution >= 4 is 17.6 Å². The Balaban J connectivity index is 1.16. The highest BCUT2D eigenvalue weighted by Crippen LogP contribution is 2.37. The largest absolute Gasteiger partial charge is 0.423 e. The molecule has 3 unspecified atom stereocenters. The Morgan fingerprint density at radius 1 is 1.21 bits per heavy atom. The third-order valence-electron chi connectivity index (χ3n) is 6.75. The van der Waals surface area contributed by atoms with Gasteiger partial charge in [0.25, 0.3) is 17.6 Å². The van der Waals surface area contributed by atoms with E-state index in [2.05, 4.69) is 30.6 Å². The van der Waals surface area contributed by atoms with Crippen LogP contribution in [-0.2, 0) is 0 Å². The second-order valence-electron chi connectivity index (χ2n) is 8.82. The SMILES string of the molecule is Cc1ccnc2nc(C(=O)NC3CCC4CC3CN4C(=O)c3cccc(-c4nnco4)c3)nn12. The summed E-state index contributed by atoms with van der Waals surface area (Å²) in [6, 6.07) is 9.17. The molecular formula is C23H22N8O3. The first-order valence-electron chi connectivity index (χ1n) is 11.2. The normalized spacial score (nSPS) is 21.7. The van der Waals surface area contributed by atoms with Crippen molar-refractivity contribution in [2.24, 2.45) is 5.92 Å². The number of benzene rings is 1. The molecule has 0 spiro atoms. The average Bonchev–Trinajstić information content (AvgIpc) is 3.60. The second-order valence-corrected chi connectivity index (χ2v) is 8.82. The van der Waals surface area contributed by atoms with Crippen LogP contribution in [-0.4, -0.2) is 65.1 Å². The number of aryl methyl sites for hydroxylation is 1. The zero-order chi connectivity index (χ0) is 23.2. The maximum absolute atomic E-state index is 13.3. The lowest BCUT2D eigenvalue weighted by Crippen LogP contribution is -2.43. The summed E-state index contributed by atoms with van der Waals surface area (Å²) in [6.45, 7) is 2.48. The van der Waals surface area contributed by atoms with Crippen molar-refractivity contribution in [2.75, 3.05) is 6.54 Å². The smallest absolute Gasteiger partial charge is 0.291 e. The van der Waals surface area contributed by atoms with Gasteiger partial charge in [0.2, 0.25) is 18.1 Å². The summed E-state index contributed by atoms with van der Waals surface area (Å²) in [6.07, 6.45) is 5.40. The van der Waals surface area contributed by atoms with Crippen molar-refractivity contribution in [1.82, 2.24) is 40.0 Å². The summed E-state index contributed by atoms with van der Waals surface area (Å²) in [4.78, 5) is 36.6. The number of nitrogens with one attached hydrogen (secondary N) is 1. The number of carbonyl (C=O) groups excluding carboxylic acids is 2. The maximum atomic E-state index is 13.3. The summed E-state index contributed by atoms with van der Waals surface area (Å²) < 4.78 is 6.82. The number of hydrogen-bond acceptors (Lipinski definition) is 8. The first-order valence-corrected chi connectivity index (χ1v) is 11.2. The van der Waals surface area contributed by atoms with Gasteiger partial charge in [-0.15, -0.1) is 15.3 Å². The van der Waals surface area contributed by atoms with Crippen molar-refractivity contribution in [2.45, 2.75) is 38.3 Å². The summed E-state index contributed by atoms with van der Waals surface area (Å²) in [5.74, 6) is 0.725. The Bertz CT molecular complexity index is 1380. The maximum Gasteiger partial charge on any atom is 0.291 e. The highest BCUT2D eigenvalue weighted by Gasteiger charge is 2.43. The van der Waals surface area contributed by atoms with Crippen LogP contribution < -0.4 is 5.32 Å². The Hall–Kier alpha value is -4.15. The van der Waals surface area contributed by atoms with Gasteiger partial charge in [-0.05, 0) is 56.4 Å². The van der Waals surface area contributed by atoms with Gasteiger partial charge in [0, 0.05) is 41.6 Å². The molecule has 11 nitrogen and oxygen atoms in total. The molecule has 6 rings (SSSR count). The van der Waals surface area contributed by atoms with Crippen LogP contribution in [0.3, 0.4) is 0 Å². The molecule has 3 atom stereocenters. The molecule has 11 heteroatoms. The summed E-state index contributed by atoms with van der Waals surface area (Å²) in [5, 5.41) is 15.0. The van der Waals surface area contributed by atoms with Gasteiger partial charge in [0.1, 0.15) is 0 Å². The average molecular weight is 458 g/mol. The monoisotopic (exact) mass is 458 g/mol. The molecule has 4 aromatic rings. The van der Waals surface area contributed by atoms with Gasteiger partial charge in [0.15, 0.2) is 0 Å². The number of nitrogens with zero attached hydrogens (tertiary/aromatic N) is 7. The van der Waals surface area contributed by atoms with Crippen LogP contribution in [0.1, 0.15) is 45.9 Å². The quantitative estimate of drug-likeness (QED) is 0.491. The molecule has 0 radical (unpaired) electrons. The van der Waals surface area contributed by atoms with E-state index < -0.39 is 0 Å². The molecule has 4 heterocycles. The van der Waals surface area contributed by atoms with E-state index in [-0.39, 0.29) is 35.6 Å². The molecule has 1 N–H and O–H groups in total. The zero-order valence-corrected chi connectivity index (χ0v) is 18.5. The number of amides is 2. The molecule has 3 aromatic heterocycles. The van der Waals surface area contributed by atoms with E-state index in [1.165, 1.54) is 6.39 Å². The summed E-state index contributed by atoms with van der Waals surface area (Å²) in [7, 11) is 0. The van der Waals surface area contributed by atoms with Crippen LogP contribution in [0.5, 0.6) is 0 Å². The third kappa shape index (κ3) is 3.49. The number of rotatable bonds is 4. The predicted molar refractivity (Wildman–Crippen MR) is 119 cm³/mol. The fraction of sp³-hybridized carbons (Fsp3) is 0.348. The number of likely N-dealkylation sites (tertiary alicyclic amines) is 1. The topological polar surface area (TPSA) is 131 Å². The van der Waals surface area contributed by atoms with Gasteiger partial charge in [-0.1, -0.05) is 6.07 Å². The number of hydrogen-bond donors (Lipinski definition) is 1. The molecule has 1 saturated heterocycles. The minimum Gasteiger partial charge on any atom is -0.423 e. The van der Waals surface area contributed by atoms with E-state index in [9.17, 15) is 9.59 Å². The van der Waals surface area contributed by atoms with E-state index in [1.54, 1.807) is 22.8 Å².